The molecule has 1 aromatic carbocycles. The summed E-state index contributed by atoms with van der Waals surface area (Å²) in [7, 11) is 2.02. The van der Waals surface area contributed by atoms with E-state index in [1.165, 1.54) is 21.2 Å². The van der Waals surface area contributed by atoms with Crippen molar-refractivity contribution in [1.29, 1.82) is 0 Å². The molecule has 1 atom stereocenters. The first-order valence-corrected chi connectivity index (χ1v) is 7.38. The number of hydrogen-bond acceptors (Lipinski definition) is 2. The topological polar surface area (TPSA) is 12.0 Å². The van der Waals surface area contributed by atoms with Crippen molar-refractivity contribution in [1.82, 2.24) is 5.32 Å². The molecule has 17 heavy (non-hydrogen) atoms. The van der Waals surface area contributed by atoms with Gasteiger partial charge in [-0.25, -0.2) is 0 Å². The number of thiophene rings is 1. The van der Waals surface area contributed by atoms with Gasteiger partial charge in [-0.1, -0.05) is 28.1 Å². The van der Waals surface area contributed by atoms with E-state index in [-0.39, 0.29) is 0 Å². The zero-order valence-electron chi connectivity index (χ0n) is 10.0. The molecule has 1 aromatic heterocycles. The van der Waals surface area contributed by atoms with E-state index in [2.05, 4.69) is 63.2 Å². The molecule has 0 aliphatic carbocycles. The number of benzene rings is 1. The lowest BCUT2D eigenvalue weighted by Crippen LogP contribution is -2.18. The first-order chi connectivity index (χ1) is 8.20. The van der Waals surface area contributed by atoms with Crippen molar-refractivity contribution in [2.45, 2.75) is 19.4 Å². The van der Waals surface area contributed by atoms with Crippen molar-refractivity contribution in [3.8, 4) is 0 Å². The van der Waals surface area contributed by atoms with Crippen molar-refractivity contribution >= 4 is 27.3 Å². The van der Waals surface area contributed by atoms with Crippen LogP contribution in [0.1, 0.15) is 22.7 Å². The Bertz CT molecular complexity index is 479. The van der Waals surface area contributed by atoms with Gasteiger partial charge in [0.15, 0.2) is 0 Å². The minimum Gasteiger partial charge on any atom is -0.313 e. The summed E-state index contributed by atoms with van der Waals surface area (Å²) in [5.74, 6) is 0. The second-order valence-corrected chi connectivity index (χ2v) is 5.82. The minimum atomic E-state index is 0.386. The summed E-state index contributed by atoms with van der Waals surface area (Å²) < 4.78 is 1.17. The number of hydrogen-bond donors (Lipinski definition) is 1. The van der Waals surface area contributed by atoms with Gasteiger partial charge in [-0.05, 0) is 60.0 Å². The van der Waals surface area contributed by atoms with Gasteiger partial charge in [0.05, 0.1) is 0 Å². The number of nitrogens with one attached hydrogen (secondary N) is 1. The van der Waals surface area contributed by atoms with E-state index in [1.54, 1.807) is 11.3 Å². The monoisotopic (exact) mass is 309 g/mol. The second kappa shape index (κ2) is 5.80. The van der Waals surface area contributed by atoms with Gasteiger partial charge in [0.25, 0.3) is 0 Å². The van der Waals surface area contributed by atoms with Crippen LogP contribution in [0.4, 0.5) is 0 Å². The zero-order valence-corrected chi connectivity index (χ0v) is 12.4. The van der Waals surface area contributed by atoms with Gasteiger partial charge in [0.2, 0.25) is 0 Å². The van der Waals surface area contributed by atoms with E-state index < -0.39 is 0 Å². The summed E-state index contributed by atoms with van der Waals surface area (Å²) in [6, 6.07) is 9.14. The zero-order chi connectivity index (χ0) is 12.3. The molecule has 0 bridgehead atoms. The molecule has 0 saturated carbocycles. The van der Waals surface area contributed by atoms with Crippen LogP contribution in [0.3, 0.4) is 0 Å². The summed E-state index contributed by atoms with van der Waals surface area (Å²) in [6.45, 7) is 2.13. The minimum absolute atomic E-state index is 0.386. The number of rotatable bonds is 4. The second-order valence-electron chi connectivity index (χ2n) is 4.19. The molecule has 2 aromatic rings. The van der Waals surface area contributed by atoms with Crippen LogP contribution in [-0.4, -0.2) is 7.05 Å². The number of likely N-dealkylation sites (N-methyl/N-ethyl adjacent to an activating group) is 1. The van der Waals surface area contributed by atoms with Gasteiger partial charge < -0.3 is 5.32 Å². The van der Waals surface area contributed by atoms with Gasteiger partial charge >= 0.3 is 0 Å². The van der Waals surface area contributed by atoms with Crippen LogP contribution in [0, 0.1) is 6.92 Å². The SMILES string of the molecule is CNC(Cc1ccsc1)c1ccc(Br)c(C)c1. The van der Waals surface area contributed by atoms with Crippen LogP contribution in [0.15, 0.2) is 39.5 Å². The average Bonchev–Trinajstić information content (AvgIpc) is 2.82. The molecule has 1 unspecified atom stereocenters. The van der Waals surface area contributed by atoms with E-state index in [0.29, 0.717) is 6.04 Å². The lowest BCUT2D eigenvalue weighted by atomic mass is 9.99. The van der Waals surface area contributed by atoms with Crippen LogP contribution in [0.25, 0.3) is 0 Å². The van der Waals surface area contributed by atoms with Gasteiger partial charge in [0.1, 0.15) is 0 Å². The first kappa shape index (κ1) is 12.8. The molecule has 0 spiro atoms. The predicted molar refractivity (Wildman–Crippen MR) is 78.7 cm³/mol. The molecule has 0 fully saturated rings. The summed E-state index contributed by atoms with van der Waals surface area (Å²) >= 11 is 5.30. The molecular weight excluding hydrogens is 294 g/mol. The van der Waals surface area contributed by atoms with Gasteiger partial charge in [0, 0.05) is 10.5 Å². The quantitative estimate of drug-likeness (QED) is 0.886. The number of aryl methyl sites for hydroxylation is 1. The largest absolute Gasteiger partial charge is 0.313 e. The fourth-order valence-electron chi connectivity index (χ4n) is 1.92. The first-order valence-electron chi connectivity index (χ1n) is 5.65. The summed E-state index contributed by atoms with van der Waals surface area (Å²) in [4.78, 5) is 0. The molecule has 2 rings (SSSR count). The molecule has 0 aliphatic heterocycles. The molecule has 1 nitrogen and oxygen atoms in total. The van der Waals surface area contributed by atoms with E-state index in [0.717, 1.165) is 6.42 Å². The molecule has 0 amide bonds. The summed E-state index contributed by atoms with van der Waals surface area (Å²) in [5.41, 5.74) is 4.03. The van der Waals surface area contributed by atoms with Gasteiger partial charge in [-0.2, -0.15) is 11.3 Å². The predicted octanol–water partition coefficient (Wildman–Crippen LogP) is 4.32. The summed E-state index contributed by atoms with van der Waals surface area (Å²) in [5, 5.41) is 7.74. The maximum Gasteiger partial charge on any atom is 0.0358 e. The van der Waals surface area contributed by atoms with Crippen LogP contribution in [0.5, 0.6) is 0 Å². The summed E-state index contributed by atoms with van der Waals surface area (Å²) in [6.07, 6.45) is 1.04. The highest BCUT2D eigenvalue weighted by atomic mass is 79.9. The number of halogens is 1. The Morgan fingerprint density at radius 2 is 2.18 bits per heavy atom. The molecule has 0 saturated heterocycles. The van der Waals surface area contributed by atoms with Crippen LogP contribution in [0.2, 0.25) is 0 Å². The van der Waals surface area contributed by atoms with Gasteiger partial charge in [-0.15, -0.1) is 0 Å². The normalized spacial score (nSPS) is 12.6. The third-order valence-corrected chi connectivity index (χ3v) is 4.57. The smallest absolute Gasteiger partial charge is 0.0358 e. The van der Waals surface area contributed by atoms with Crippen LogP contribution < -0.4 is 5.32 Å². The van der Waals surface area contributed by atoms with E-state index in [4.69, 9.17) is 0 Å². The van der Waals surface area contributed by atoms with Crippen LogP contribution in [-0.2, 0) is 6.42 Å². The Balaban J connectivity index is 2.20. The maximum atomic E-state index is 3.54. The highest BCUT2D eigenvalue weighted by Crippen LogP contribution is 2.24. The lowest BCUT2D eigenvalue weighted by molar-refractivity contribution is 0.592. The highest BCUT2D eigenvalue weighted by Gasteiger charge is 2.11. The van der Waals surface area contributed by atoms with Crippen molar-refractivity contribution < 1.29 is 0 Å². The van der Waals surface area contributed by atoms with Crippen molar-refractivity contribution in [3.05, 3.63) is 56.2 Å². The average molecular weight is 310 g/mol. The third-order valence-electron chi connectivity index (χ3n) is 2.95. The van der Waals surface area contributed by atoms with E-state index in [1.807, 2.05) is 7.05 Å². The van der Waals surface area contributed by atoms with Gasteiger partial charge in [-0.3, -0.25) is 0 Å². The molecule has 90 valence electrons. The van der Waals surface area contributed by atoms with Crippen molar-refractivity contribution in [3.63, 3.8) is 0 Å². The van der Waals surface area contributed by atoms with Crippen molar-refractivity contribution in [2.24, 2.45) is 0 Å². The van der Waals surface area contributed by atoms with E-state index in [9.17, 15) is 0 Å². The molecule has 1 N–H and O–H groups in total. The molecule has 1 heterocycles. The molecule has 0 radical (unpaired) electrons. The van der Waals surface area contributed by atoms with E-state index >= 15 is 0 Å². The molecule has 0 aliphatic rings. The maximum absolute atomic E-state index is 3.54. The highest BCUT2D eigenvalue weighted by molar-refractivity contribution is 9.10. The Hall–Kier alpha value is -0.640. The lowest BCUT2D eigenvalue weighted by Gasteiger charge is -2.17. The van der Waals surface area contributed by atoms with Crippen molar-refractivity contribution in [2.75, 3.05) is 7.05 Å². The fourth-order valence-corrected chi connectivity index (χ4v) is 2.84. The Morgan fingerprint density at radius 3 is 2.76 bits per heavy atom. The standard InChI is InChI=1S/C14H16BrNS/c1-10-7-12(3-4-13(10)15)14(16-2)8-11-5-6-17-9-11/h3-7,9,14,16H,8H2,1-2H3. The molecular formula is C14H16BrNS. The Kier molecular flexibility index (Phi) is 4.37. The Labute approximate surface area is 115 Å². The van der Waals surface area contributed by atoms with Crippen LogP contribution >= 0.6 is 27.3 Å². The Morgan fingerprint density at radius 1 is 1.35 bits per heavy atom. The molecule has 3 heteroatoms. The fraction of sp³-hybridized carbons (Fsp3) is 0.286. The third kappa shape index (κ3) is 3.18.